The van der Waals surface area contributed by atoms with Crippen molar-refractivity contribution in [3.63, 3.8) is 0 Å². The van der Waals surface area contributed by atoms with Crippen LogP contribution in [-0.4, -0.2) is 21.8 Å². The van der Waals surface area contributed by atoms with Crippen molar-refractivity contribution in [2.75, 3.05) is 0 Å². The van der Waals surface area contributed by atoms with E-state index in [-0.39, 0.29) is 18.2 Å². The average Bonchev–Trinajstić information content (AvgIpc) is 2.93. The zero-order chi connectivity index (χ0) is 15.4. The van der Waals surface area contributed by atoms with Crippen LogP contribution in [-0.2, 0) is 11.3 Å². The molecular formula is C17H15N3O2. The lowest BCUT2D eigenvalue weighted by Crippen LogP contribution is -2.22. The first kappa shape index (κ1) is 13.9. The molecule has 0 unspecified atom stereocenters. The fourth-order valence-corrected chi connectivity index (χ4v) is 2.21. The highest BCUT2D eigenvalue weighted by Gasteiger charge is 2.04. The number of rotatable bonds is 4. The number of fused-ring (bicyclic) bond motifs is 1. The van der Waals surface area contributed by atoms with Crippen LogP contribution in [0.5, 0.6) is 5.75 Å². The molecule has 0 spiro atoms. The van der Waals surface area contributed by atoms with E-state index in [1.807, 2.05) is 41.1 Å². The Kier molecular flexibility index (Phi) is 3.87. The first-order valence-electron chi connectivity index (χ1n) is 6.87. The first-order valence-corrected chi connectivity index (χ1v) is 6.87. The number of aromatic nitrogens is 1. The highest BCUT2D eigenvalue weighted by atomic mass is 16.3. The van der Waals surface area contributed by atoms with Gasteiger partial charge in [0.25, 0.3) is 5.91 Å². The number of carbonyl (C=O) groups excluding carboxylic acids is 1. The molecule has 0 bridgehead atoms. The van der Waals surface area contributed by atoms with Crippen molar-refractivity contribution in [3.8, 4) is 5.75 Å². The summed E-state index contributed by atoms with van der Waals surface area (Å²) in [6.07, 6.45) is 3.42. The van der Waals surface area contributed by atoms with E-state index in [2.05, 4.69) is 10.5 Å². The Bertz CT molecular complexity index is 819. The molecule has 0 aliphatic heterocycles. The number of hydrogen-bond donors (Lipinski definition) is 2. The zero-order valence-electron chi connectivity index (χ0n) is 11.8. The Morgan fingerprint density at radius 1 is 1.14 bits per heavy atom. The van der Waals surface area contributed by atoms with Crippen LogP contribution in [0, 0.1) is 0 Å². The van der Waals surface area contributed by atoms with Crippen LogP contribution >= 0.6 is 0 Å². The Morgan fingerprint density at radius 2 is 1.91 bits per heavy atom. The average molecular weight is 293 g/mol. The van der Waals surface area contributed by atoms with E-state index >= 15 is 0 Å². The molecule has 1 aromatic heterocycles. The van der Waals surface area contributed by atoms with Gasteiger partial charge in [-0.2, -0.15) is 5.10 Å². The summed E-state index contributed by atoms with van der Waals surface area (Å²) in [7, 11) is 0. The summed E-state index contributed by atoms with van der Waals surface area (Å²) in [5, 5.41) is 14.2. The second-order valence-corrected chi connectivity index (χ2v) is 4.89. The first-order chi connectivity index (χ1) is 10.7. The second kappa shape index (κ2) is 6.13. The standard InChI is InChI=1S/C17H15N3O2/c21-15-7-5-13(6-8-15)11-18-19-17(22)12-20-10-9-14-3-1-2-4-16(14)20/h1-11,21H,12H2,(H,19,22)/b18-11+. The Balaban J connectivity index is 1.62. The number of hydrazone groups is 1. The van der Waals surface area contributed by atoms with Gasteiger partial charge >= 0.3 is 0 Å². The summed E-state index contributed by atoms with van der Waals surface area (Å²) in [6, 6.07) is 16.4. The maximum atomic E-state index is 11.9. The third-order valence-electron chi connectivity index (χ3n) is 3.29. The van der Waals surface area contributed by atoms with Crippen LogP contribution in [0.3, 0.4) is 0 Å². The van der Waals surface area contributed by atoms with E-state index in [1.165, 1.54) is 6.21 Å². The van der Waals surface area contributed by atoms with E-state index in [0.717, 1.165) is 16.5 Å². The number of nitrogens with zero attached hydrogens (tertiary/aromatic N) is 2. The molecule has 0 atom stereocenters. The Hall–Kier alpha value is -3.08. The van der Waals surface area contributed by atoms with Gasteiger partial charge in [0.2, 0.25) is 0 Å². The minimum absolute atomic E-state index is 0.195. The molecule has 3 rings (SSSR count). The lowest BCUT2D eigenvalue weighted by molar-refractivity contribution is -0.121. The van der Waals surface area contributed by atoms with Crippen LogP contribution in [0.1, 0.15) is 5.56 Å². The quantitative estimate of drug-likeness (QED) is 0.573. The lowest BCUT2D eigenvalue weighted by Gasteiger charge is -2.04. The monoisotopic (exact) mass is 293 g/mol. The molecule has 1 heterocycles. The van der Waals surface area contributed by atoms with Crippen molar-refractivity contribution in [2.24, 2.45) is 5.10 Å². The SMILES string of the molecule is O=C(Cn1ccc2ccccc21)N/N=C/c1ccc(O)cc1. The van der Waals surface area contributed by atoms with Crippen molar-refractivity contribution in [1.82, 2.24) is 9.99 Å². The summed E-state index contributed by atoms with van der Waals surface area (Å²) >= 11 is 0. The van der Waals surface area contributed by atoms with Gasteiger partial charge in [0.15, 0.2) is 0 Å². The number of phenolic OH excluding ortho intramolecular Hbond substituents is 1. The Morgan fingerprint density at radius 3 is 2.73 bits per heavy atom. The van der Waals surface area contributed by atoms with Gasteiger partial charge in [-0.3, -0.25) is 4.79 Å². The van der Waals surface area contributed by atoms with Crippen LogP contribution < -0.4 is 5.43 Å². The third kappa shape index (κ3) is 3.15. The normalized spacial score (nSPS) is 11.1. The van der Waals surface area contributed by atoms with Crippen molar-refractivity contribution >= 4 is 23.0 Å². The summed E-state index contributed by atoms with van der Waals surface area (Å²) in [5.41, 5.74) is 4.31. The highest BCUT2D eigenvalue weighted by Crippen LogP contribution is 2.14. The molecule has 3 aromatic rings. The smallest absolute Gasteiger partial charge is 0.259 e. The number of aromatic hydroxyl groups is 1. The maximum Gasteiger partial charge on any atom is 0.259 e. The largest absolute Gasteiger partial charge is 0.508 e. The second-order valence-electron chi connectivity index (χ2n) is 4.89. The molecular weight excluding hydrogens is 278 g/mol. The van der Waals surface area contributed by atoms with Gasteiger partial charge in [-0.1, -0.05) is 18.2 Å². The predicted molar refractivity (Wildman–Crippen MR) is 85.8 cm³/mol. The fraction of sp³-hybridized carbons (Fsp3) is 0.0588. The molecule has 22 heavy (non-hydrogen) atoms. The van der Waals surface area contributed by atoms with Gasteiger partial charge in [0, 0.05) is 11.7 Å². The molecule has 0 saturated carbocycles. The highest BCUT2D eigenvalue weighted by molar-refractivity contribution is 5.84. The zero-order valence-corrected chi connectivity index (χ0v) is 11.8. The molecule has 2 aromatic carbocycles. The van der Waals surface area contributed by atoms with E-state index in [1.54, 1.807) is 24.3 Å². The molecule has 5 nitrogen and oxygen atoms in total. The number of para-hydroxylation sites is 1. The van der Waals surface area contributed by atoms with Crippen molar-refractivity contribution in [3.05, 3.63) is 66.4 Å². The molecule has 5 heteroatoms. The van der Waals surface area contributed by atoms with Crippen LogP contribution in [0.25, 0.3) is 10.9 Å². The minimum Gasteiger partial charge on any atom is -0.508 e. The molecule has 1 amide bonds. The number of phenols is 1. The number of carbonyl (C=O) groups is 1. The van der Waals surface area contributed by atoms with Crippen LogP contribution in [0.15, 0.2) is 65.9 Å². The number of amides is 1. The van der Waals surface area contributed by atoms with Gasteiger partial charge in [-0.15, -0.1) is 0 Å². The lowest BCUT2D eigenvalue weighted by atomic mass is 10.2. The molecule has 0 fully saturated rings. The predicted octanol–water partition coefficient (Wildman–Crippen LogP) is 2.50. The van der Waals surface area contributed by atoms with Crippen molar-refractivity contribution in [2.45, 2.75) is 6.54 Å². The van der Waals surface area contributed by atoms with Crippen LogP contribution in [0.2, 0.25) is 0 Å². The fourth-order valence-electron chi connectivity index (χ4n) is 2.21. The molecule has 110 valence electrons. The molecule has 0 aliphatic rings. The van der Waals surface area contributed by atoms with E-state index in [9.17, 15) is 9.90 Å². The molecule has 0 radical (unpaired) electrons. The summed E-state index contributed by atoms with van der Waals surface area (Å²) < 4.78 is 1.88. The molecule has 0 aliphatic carbocycles. The number of hydrogen-bond acceptors (Lipinski definition) is 3. The summed E-state index contributed by atoms with van der Waals surface area (Å²) in [6.45, 7) is 0.209. The van der Waals surface area contributed by atoms with Gasteiger partial charge in [-0.25, -0.2) is 5.43 Å². The van der Waals surface area contributed by atoms with Crippen LogP contribution in [0.4, 0.5) is 0 Å². The van der Waals surface area contributed by atoms with E-state index in [0.29, 0.717) is 0 Å². The topological polar surface area (TPSA) is 66.6 Å². The molecule has 0 saturated heterocycles. The molecule has 2 N–H and O–H groups in total. The number of benzene rings is 2. The van der Waals surface area contributed by atoms with Gasteiger partial charge in [0.05, 0.1) is 6.21 Å². The minimum atomic E-state index is -0.198. The van der Waals surface area contributed by atoms with Crippen molar-refractivity contribution in [1.29, 1.82) is 0 Å². The summed E-state index contributed by atoms with van der Waals surface area (Å²) in [4.78, 5) is 11.9. The maximum absolute atomic E-state index is 11.9. The summed E-state index contributed by atoms with van der Waals surface area (Å²) in [5.74, 6) is -0.00273. The van der Waals surface area contributed by atoms with Crippen molar-refractivity contribution < 1.29 is 9.90 Å². The Labute approximate surface area is 127 Å². The van der Waals surface area contributed by atoms with E-state index in [4.69, 9.17) is 0 Å². The third-order valence-corrected chi connectivity index (χ3v) is 3.29. The van der Waals surface area contributed by atoms with Gasteiger partial charge < -0.3 is 9.67 Å². The van der Waals surface area contributed by atoms with Gasteiger partial charge in [0.1, 0.15) is 12.3 Å². The number of nitrogens with one attached hydrogen (secondary N) is 1. The van der Waals surface area contributed by atoms with Gasteiger partial charge in [-0.05, 0) is 47.3 Å². The van der Waals surface area contributed by atoms with E-state index < -0.39 is 0 Å².